The lowest BCUT2D eigenvalue weighted by Crippen LogP contribution is -2.47. The summed E-state index contributed by atoms with van der Waals surface area (Å²) < 4.78 is 5.21. The van der Waals surface area contributed by atoms with Crippen LogP contribution in [0.2, 0.25) is 0 Å². The fourth-order valence-corrected chi connectivity index (χ4v) is 4.02. The first-order valence-corrected chi connectivity index (χ1v) is 9.19. The highest BCUT2D eigenvalue weighted by Crippen LogP contribution is 2.41. The molecule has 1 fully saturated rings. The van der Waals surface area contributed by atoms with E-state index in [0.717, 1.165) is 23.3 Å². The van der Waals surface area contributed by atoms with Crippen LogP contribution in [0.5, 0.6) is 5.75 Å². The van der Waals surface area contributed by atoms with Gasteiger partial charge in [-0.05, 0) is 43.0 Å². The Morgan fingerprint density at radius 2 is 1.85 bits per heavy atom. The first-order valence-electron chi connectivity index (χ1n) is 9.19. The van der Waals surface area contributed by atoms with Gasteiger partial charge in [0.2, 0.25) is 5.91 Å². The van der Waals surface area contributed by atoms with Gasteiger partial charge in [0.1, 0.15) is 5.75 Å². The summed E-state index contributed by atoms with van der Waals surface area (Å²) >= 11 is 0. The van der Waals surface area contributed by atoms with Gasteiger partial charge in [-0.3, -0.25) is 4.79 Å². The normalized spacial score (nSPS) is 21.5. The van der Waals surface area contributed by atoms with Gasteiger partial charge in [-0.25, -0.2) is 0 Å². The molecular formula is C22H27NO3. The zero-order valence-electron chi connectivity index (χ0n) is 15.5. The lowest BCUT2D eigenvalue weighted by Gasteiger charge is -2.43. The van der Waals surface area contributed by atoms with Crippen molar-refractivity contribution in [1.29, 1.82) is 0 Å². The fraction of sp³-hybridized carbons (Fsp3) is 0.409. The van der Waals surface area contributed by atoms with Crippen LogP contribution in [0.4, 0.5) is 0 Å². The molecule has 2 aromatic rings. The molecule has 1 aliphatic heterocycles. The summed E-state index contributed by atoms with van der Waals surface area (Å²) in [5.41, 5.74) is 2.00. The molecule has 4 heteroatoms. The summed E-state index contributed by atoms with van der Waals surface area (Å²) in [5, 5.41) is 9.60. The molecule has 1 amide bonds. The van der Waals surface area contributed by atoms with E-state index in [2.05, 4.69) is 19.1 Å². The number of aliphatic hydroxyl groups excluding tert-OH is 1. The maximum absolute atomic E-state index is 13.0. The number of nitrogens with zero attached hydrogens (tertiary/aromatic N) is 1. The average molecular weight is 353 g/mol. The monoisotopic (exact) mass is 353 g/mol. The molecule has 0 saturated carbocycles. The van der Waals surface area contributed by atoms with Crippen molar-refractivity contribution in [2.75, 3.05) is 20.3 Å². The second kappa shape index (κ2) is 7.92. The third-order valence-corrected chi connectivity index (χ3v) is 5.68. The third-order valence-electron chi connectivity index (χ3n) is 5.68. The lowest BCUT2D eigenvalue weighted by molar-refractivity contribution is -0.138. The van der Waals surface area contributed by atoms with Crippen molar-refractivity contribution in [2.24, 2.45) is 0 Å². The predicted octanol–water partition coefficient (Wildman–Crippen LogP) is 3.70. The van der Waals surface area contributed by atoms with E-state index in [1.165, 1.54) is 0 Å². The van der Waals surface area contributed by atoms with E-state index >= 15 is 0 Å². The minimum Gasteiger partial charge on any atom is -0.497 e. The molecule has 2 atom stereocenters. The number of carbonyl (C=O) groups excluding carboxylic acids is 1. The highest BCUT2D eigenvalue weighted by molar-refractivity contribution is 5.79. The zero-order valence-corrected chi connectivity index (χ0v) is 15.5. The number of rotatable bonds is 6. The molecule has 1 saturated heterocycles. The fourth-order valence-electron chi connectivity index (χ4n) is 4.02. The van der Waals surface area contributed by atoms with E-state index in [1.807, 2.05) is 47.4 Å². The molecule has 0 aromatic heterocycles. The van der Waals surface area contributed by atoms with Crippen LogP contribution in [0.15, 0.2) is 54.6 Å². The Balaban J connectivity index is 1.79. The maximum Gasteiger partial charge on any atom is 0.223 e. The molecule has 1 aliphatic rings. The van der Waals surface area contributed by atoms with Gasteiger partial charge in [0.25, 0.3) is 0 Å². The average Bonchev–Trinajstić information content (AvgIpc) is 2.68. The number of amides is 1. The van der Waals surface area contributed by atoms with Gasteiger partial charge in [0, 0.05) is 25.0 Å². The number of benzene rings is 2. The van der Waals surface area contributed by atoms with Crippen LogP contribution in [-0.2, 0) is 10.2 Å². The van der Waals surface area contributed by atoms with E-state index in [1.54, 1.807) is 7.11 Å². The predicted molar refractivity (Wildman–Crippen MR) is 102 cm³/mol. The number of carbonyl (C=O) groups is 1. The summed E-state index contributed by atoms with van der Waals surface area (Å²) in [6.45, 7) is 2.86. The van der Waals surface area contributed by atoms with Crippen LogP contribution < -0.4 is 4.74 Å². The Morgan fingerprint density at radius 1 is 1.15 bits per heavy atom. The zero-order chi connectivity index (χ0) is 18.6. The molecule has 1 N–H and O–H groups in total. The van der Waals surface area contributed by atoms with Crippen LogP contribution in [0, 0.1) is 0 Å². The number of likely N-dealkylation sites (tertiary alicyclic amines) is 1. The van der Waals surface area contributed by atoms with Crippen molar-refractivity contribution in [3.8, 4) is 5.75 Å². The highest BCUT2D eigenvalue weighted by Gasteiger charge is 2.41. The molecule has 0 aliphatic carbocycles. The largest absolute Gasteiger partial charge is 0.497 e. The number of hydrogen-bond acceptors (Lipinski definition) is 3. The minimum absolute atomic E-state index is 0.0244. The second-order valence-electron chi connectivity index (χ2n) is 7.08. The Kier molecular flexibility index (Phi) is 5.62. The number of ether oxygens (including phenoxy) is 1. The van der Waals surface area contributed by atoms with Gasteiger partial charge in [0.05, 0.1) is 13.2 Å². The first-order chi connectivity index (χ1) is 12.6. The molecule has 138 valence electrons. The Hall–Kier alpha value is -2.33. The van der Waals surface area contributed by atoms with Gasteiger partial charge in [-0.2, -0.15) is 0 Å². The van der Waals surface area contributed by atoms with E-state index in [9.17, 15) is 9.90 Å². The van der Waals surface area contributed by atoms with Crippen LogP contribution in [-0.4, -0.2) is 36.2 Å². The van der Waals surface area contributed by atoms with Gasteiger partial charge in [-0.15, -0.1) is 0 Å². The van der Waals surface area contributed by atoms with Gasteiger partial charge >= 0.3 is 0 Å². The first kappa shape index (κ1) is 18.5. The molecule has 4 nitrogen and oxygen atoms in total. The number of methoxy groups -OCH3 is 1. The second-order valence-corrected chi connectivity index (χ2v) is 7.08. The Bertz CT molecular complexity index is 729. The van der Waals surface area contributed by atoms with Crippen LogP contribution in [0.1, 0.15) is 43.4 Å². The summed E-state index contributed by atoms with van der Waals surface area (Å²) in [6.07, 6.45) is 1.93. The quantitative estimate of drug-likeness (QED) is 0.861. The maximum atomic E-state index is 13.0. The topological polar surface area (TPSA) is 49.8 Å². The van der Waals surface area contributed by atoms with Crippen molar-refractivity contribution in [3.63, 3.8) is 0 Å². The van der Waals surface area contributed by atoms with Crippen molar-refractivity contribution in [1.82, 2.24) is 4.90 Å². The van der Waals surface area contributed by atoms with E-state index in [0.29, 0.717) is 19.4 Å². The standard InChI is InChI=1S/C22H27NO3/c1-17(18-8-10-20(26-2)11-9-18)23-14-12-22(13-15-24,16-21(23)25)19-6-4-3-5-7-19/h3-11,17,24H,12-16H2,1-2H3/t17-,22?/m0/s1. The minimum atomic E-state index is -0.261. The molecule has 2 aromatic carbocycles. The summed E-state index contributed by atoms with van der Waals surface area (Å²) in [6, 6.07) is 18.1. The summed E-state index contributed by atoms with van der Waals surface area (Å²) in [7, 11) is 1.65. The van der Waals surface area contributed by atoms with Crippen LogP contribution in [0.25, 0.3) is 0 Å². The lowest BCUT2D eigenvalue weighted by atomic mass is 9.70. The smallest absolute Gasteiger partial charge is 0.223 e. The van der Waals surface area contributed by atoms with E-state index < -0.39 is 0 Å². The van der Waals surface area contributed by atoms with E-state index in [-0.39, 0.29) is 24.0 Å². The van der Waals surface area contributed by atoms with Crippen molar-refractivity contribution in [3.05, 3.63) is 65.7 Å². The molecule has 0 spiro atoms. The van der Waals surface area contributed by atoms with Gasteiger partial charge in [0.15, 0.2) is 0 Å². The molecule has 26 heavy (non-hydrogen) atoms. The van der Waals surface area contributed by atoms with Gasteiger partial charge in [-0.1, -0.05) is 42.5 Å². The molecule has 1 unspecified atom stereocenters. The highest BCUT2D eigenvalue weighted by atomic mass is 16.5. The van der Waals surface area contributed by atoms with Crippen LogP contribution in [0.3, 0.4) is 0 Å². The Labute approximate surface area is 155 Å². The van der Waals surface area contributed by atoms with Crippen LogP contribution >= 0.6 is 0 Å². The SMILES string of the molecule is COc1ccc([C@H](C)N2CCC(CCO)(c3ccccc3)CC2=O)cc1. The van der Waals surface area contributed by atoms with Crippen molar-refractivity contribution in [2.45, 2.75) is 37.6 Å². The number of aliphatic hydroxyl groups is 1. The Morgan fingerprint density at radius 3 is 2.42 bits per heavy atom. The molecule has 3 rings (SSSR count). The van der Waals surface area contributed by atoms with Crippen molar-refractivity contribution >= 4 is 5.91 Å². The molecule has 0 bridgehead atoms. The summed E-state index contributed by atoms with van der Waals surface area (Å²) in [4.78, 5) is 15.0. The van der Waals surface area contributed by atoms with Crippen molar-refractivity contribution < 1.29 is 14.6 Å². The number of hydrogen-bond donors (Lipinski definition) is 1. The van der Waals surface area contributed by atoms with E-state index in [4.69, 9.17) is 4.74 Å². The van der Waals surface area contributed by atoms with Gasteiger partial charge < -0.3 is 14.7 Å². The summed E-state index contributed by atoms with van der Waals surface area (Å²) in [5.74, 6) is 0.967. The molecule has 0 radical (unpaired) electrons. The molecule has 1 heterocycles. The molecular weight excluding hydrogens is 326 g/mol. The third kappa shape index (κ3) is 3.61. The number of piperidine rings is 1.